The molecule has 0 saturated carbocycles. The summed E-state index contributed by atoms with van der Waals surface area (Å²) in [5.74, 6) is 1.94. The van der Waals surface area contributed by atoms with E-state index in [2.05, 4.69) is 29.4 Å². The van der Waals surface area contributed by atoms with Crippen LogP contribution in [0.3, 0.4) is 0 Å². The number of anilines is 1. The van der Waals surface area contributed by atoms with Gasteiger partial charge in [-0.2, -0.15) is 0 Å². The summed E-state index contributed by atoms with van der Waals surface area (Å²) in [5, 5.41) is 6.68. The normalized spacial score (nSPS) is 22.1. The van der Waals surface area contributed by atoms with Crippen LogP contribution >= 0.6 is 24.8 Å². The smallest absolute Gasteiger partial charge is 0.224 e. The Morgan fingerprint density at radius 1 is 1.13 bits per heavy atom. The van der Waals surface area contributed by atoms with Gasteiger partial charge in [0.1, 0.15) is 6.61 Å². The lowest BCUT2D eigenvalue weighted by molar-refractivity contribution is -0.117. The molecular weight excluding hydrogens is 425 g/mol. The van der Waals surface area contributed by atoms with Crippen molar-refractivity contribution >= 4 is 36.4 Å². The number of likely N-dealkylation sites (N-methyl/N-ethyl adjacent to an activating group) is 1. The third-order valence-corrected chi connectivity index (χ3v) is 6.05. The van der Waals surface area contributed by atoms with Crippen LogP contribution in [0, 0.1) is 5.92 Å². The SMILES string of the molecule is CCN(CC)CCOc1cc(NC(=O)CC2CC3CCC(C2)N3)ccc1OC.Cl.Cl. The molecule has 2 bridgehead atoms. The number of hydrogen-bond acceptors (Lipinski definition) is 5. The number of nitrogens with one attached hydrogen (secondary N) is 2. The average Bonchev–Trinajstić information content (AvgIpc) is 3.03. The van der Waals surface area contributed by atoms with Crippen molar-refractivity contribution in [3.63, 3.8) is 0 Å². The first-order chi connectivity index (χ1) is 13.6. The van der Waals surface area contributed by atoms with E-state index >= 15 is 0 Å². The first-order valence-corrected chi connectivity index (χ1v) is 10.7. The van der Waals surface area contributed by atoms with Crippen LogP contribution in [-0.2, 0) is 4.79 Å². The molecular formula is C22H37Cl2N3O3. The highest BCUT2D eigenvalue weighted by molar-refractivity contribution is 5.91. The van der Waals surface area contributed by atoms with Crippen molar-refractivity contribution in [2.75, 3.05) is 38.7 Å². The number of fused-ring (bicyclic) bond motifs is 2. The van der Waals surface area contributed by atoms with Gasteiger partial charge in [-0.05, 0) is 56.8 Å². The van der Waals surface area contributed by atoms with E-state index < -0.39 is 0 Å². The number of carbonyl (C=O) groups is 1. The molecule has 2 saturated heterocycles. The Balaban J connectivity index is 0.00000225. The average molecular weight is 462 g/mol. The lowest BCUT2D eigenvalue weighted by Crippen LogP contribution is -2.39. The number of rotatable bonds is 10. The minimum atomic E-state index is 0. The summed E-state index contributed by atoms with van der Waals surface area (Å²) < 4.78 is 11.4. The maximum Gasteiger partial charge on any atom is 0.224 e. The first-order valence-electron chi connectivity index (χ1n) is 10.7. The molecule has 8 heteroatoms. The van der Waals surface area contributed by atoms with Crippen molar-refractivity contribution in [2.24, 2.45) is 5.92 Å². The molecule has 2 aliphatic rings. The summed E-state index contributed by atoms with van der Waals surface area (Å²) in [6.07, 6.45) is 5.35. The largest absolute Gasteiger partial charge is 0.493 e. The molecule has 1 aromatic rings. The zero-order valence-corrected chi connectivity index (χ0v) is 19.9. The number of amides is 1. The van der Waals surface area contributed by atoms with Gasteiger partial charge in [0, 0.05) is 36.8 Å². The van der Waals surface area contributed by atoms with Gasteiger partial charge in [0.15, 0.2) is 11.5 Å². The van der Waals surface area contributed by atoms with Crippen molar-refractivity contribution in [3.8, 4) is 11.5 Å². The molecule has 0 aliphatic carbocycles. The van der Waals surface area contributed by atoms with Gasteiger partial charge in [-0.3, -0.25) is 4.79 Å². The molecule has 2 heterocycles. The van der Waals surface area contributed by atoms with Crippen LogP contribution in [0.1, 0.15) is 46.0 Å². The second kappa shape index (κ2) is 13.3. The number of nitrogens with zero attached hydrogens (tertiary/aromatic N) is 1. The zero-order chi connectivity index (χ0) is 19.9. The Hall–Kier alpha value is -1.21. The van der Waals surface area contributed by atoms with Crippen LogP contribution < -0.4 is 20.1 Å². The highest BCUT2D eigenvalue weighted by Gasteiger charge is 2.34. The van der Waals surface area contributed by atoms with Crippen molar-refractivity contribution in [3.05, 3.63) is 18.2 Å². The molecule has 2 atom stereocenters. The molecule has 3 rings (SSSR count). The summed E-state index contributed by atoms with van der Waals surface area (Å²) >= 11 is 0. The van der Waals surface area contributed by atoms with Gasteiger partial charge in [-0.25, -0.2) is 0 Å². The zero-order valence-electron chi connectivity index (χ0n) is 18.3. The summed E-state index contributed by atoms with van der Waals surface area (Å²) in [4.78, 5) is 14.9. The molecule has 6 nitrogen and oxygen atoms in total. The van der Waals surface area contributed by atoms with Crippen LogP contribution in [-0.4, -0.2) is 56.2 Å². The molecule has 2 aliphatic heterocycles. The molecule has 0 radical (unpaired) electrons. The molecule has 172 valence electrons. The third-order valence-electron chi connectivity index (χ3n) is 6.05. The number of piperidine rings is 1. The third kappa shape index (κ3) is 7.49. The lowest BCUT2D eigenvalue weighted by atomic mass is 9.89. The number of hydrogen-bond donors (Lipinski definition) is 2. The highest BCUT2D eigenvalue weighted by atomic mass is 35.5. The van der Waals surface area contributed by atoms with Crippen LogP contribution in [0.5, 0.6) is 11.5 Å². The minimum Gasteiger partial charge on any atom is -0.493 e. The number of carbonyl (C=O) groups excluding carboxylic acids is 1. The Morgan fingerprint density at radius 3 is 2.40 bits per heavy atom. The molecule has 0 spiro atoms. The number of methoxy groups -OCH3 is 1. The maximum atomic E-state index is 12.6. The molecule has 1 aromatic carbocycles. The fraction of sp³-hybridized carbons (Fsp3) is 0.682. The van der Waals surface area contributed by atoms with Crippen LogP contribution in [0.15, 0.2) is 18.2 Å². The Kier molecular flexibility index (Phi) is 11.9. The topological polar surface area (TPSA) is 62.8 Å². The summed E-state index contributed by atoms with van der Waals surface area (Å²) in [5.41, 5.74) is 0.764. The Morgan fingerprint density at radius 2 is 1.80 bits per heavy atom. The van der Waals surface area contributed by atoms with E-state index in [-0.39, 0.29) is 30.7 Å². The predicted octanol–water partition coefficient (Wildman–Crippen LogP) is 4.12. The number of benzene rings is 1. The van der Waals surface area contributed by atoms with Gasteiger partial charge in [0.05, 0.1) is 7.11 Å². The van der Waals surface area contributed by atoms with E-state index in [0.29, 0.717) is 42.5 Å². The van der Waals surface area contributed by atoms with Gasteiger partial charge in [0.25, 0.3) is 0 Å². The van der Waals surface area contributed by atoms with E-state index in [1.54, 1.807) is 7.11 Å². The Bertz CT molecular complexity index is 647. The molecule has 2 fully saturated rings. The van der Waals surface area contributed by atoms with Crippen molar-refractivity contribution in [1.29, 1.82) is 0 Å². The molecule has 0 aromatic heterocycles. The van der Waals surface area contributed by atoms with Crippen LogP contribution in [0.4, 0.5) is 5.69 Å². The number of ether oxygens (including phenoxy) is 2. The van der Waals surface area contributed by atoms with E-state index in [0.717, 1.165) is 38.2 Å². The standard InChI is InChI=1S/C22H35N3O3.2ClH/c1-4-25(5-2)10-11-28-21-15-19(8-9-20(21)27-3)24-22(26)14-16-12-17-6-7-18(13-16)23-17;;/h8-9,15-18,23H,4-7,10-14H2,1-3H3,(H,24,26);2*1H. The monoisotopic (exact) mass is 461 g/mol. The Labute approximate surface area is 193 Å². The van der Waals surface area contributed by atoms with Crippen molar-refractivity contribution in [1.82, 2.24) is 10.2 Å². The quantitative estimate of drug-likeness (QED) is 0.548. The highest BCUT2D eigenvalue weighted by Crippen LogP contribution is 2.33. The van der Waals surface area contributed by atoms with E-state index in [1.165, 1.54) is 12.8 Å². The summed E-state index contributed by atoms with van der Waals surface area (Å²) in [6, 6.07) is 6.82. The molecule has 2 N–H and O–H groups in total. The second-order valence-corrected chi connectivity index (χ2v) is 7.97. The fourth-order valence-corrected chi connectivity index (χ4v) is 4.51. The van der Waals surface area contributed by atoms with Gasteiger partial charge >= 0.3 is 0 Å². The van der Waals surface area contributed by atoms with Gasteiger partial charge in [0.2, 0.25) is 5.91 Å². The van der Waals surface area contributed by atoms with Crippen molar-refractivity contribution < 1.29 is 14.3 Å². The summed E-state index contributed by atoms with van der Waals surface area (Å²) in [6.45, 7) is 7.76. The summed E-state index contributed by atoms with van der Waals surface area (Å²) in [7, 11) is 1.64. The minimum absolute atomic E-state index is 0. The lowest BCUT2D eigenvalue weighted by Gasteiger charge is -2.28. The molecule has 2 unspecified atom stereocenters. The molecule has 30 heavy (non-hydrogen) atoms. The van der Waals surface area contributed by atoms with Gasteiger partial charge in [-0.15, -0.1) is 24.8 Å². The van der Waals surface area contributed by atoms with Crippen molar-refractivity contribution in [2.45, 2.75) is 58.0 Å². The molecule has 1 amide bonds. The van der Waals surface area contributed by atoms with Crippen LogP contribution in [0.25, 0.3) is 0 Å². The second-order valence-electron chi connectivity index (χ2n) is 7.97. The maximum absolute atomic E-state index is 12.6. The van der Waals surface area contributed by atoms with Gasteiger partial charge < -0.3 is 25.0 Å². The van der Waals surface area contributed by atoms with E-state index in [4.69, 9.17) is 9.47 Å². The van der Waals surface area contributed by atoms with E-state index in [1.807, 2.05) is 18.2 Å². The predicted molar refractivity (Wildman–Crippen MR) is 127 cm³/mol. The van der Waals surface area contributed by atoms with Crippen LogP contribution in [0.2, 0.25) is 0 Å². The van der Waals surface area contributed by atoms with E-state index in [9.17, 15) is 4.79 Å². The fourth-order valence-electron chi connectivity index (χ4n) is 4.51. The number of halogens is 2. The van der Waals surface area contributed by atoms with Gasteiger partial charge in [-0.1, -0.05) is 13.8 Å². The first kappa shape index (κ1) is 26.8.